The Morgan fingerprint density at radius 2 is 1.96 bits per heavy atom. The van der Waals surface area contributed by atoms with Gasteiger partial charge in [-0.05, 0) is 19.9 Å². The van der Waals surface area contributed by atoms with E-state index in [1.807, 2.05) is 0 Å². The normalized spacial score (nSPS) is 23.8. The molecule has 0 radical (unpaired) electrons. The minimum atomic E-state index is -2.14. The summed E-state index contributed by atoms with van der Waals surface area (Å²) in [5, 5.41) is 11.2. The minimum Gasteiger partial charge on any atom is -0.455 e. The highest BCUT2D eigenvalue weighted by atomic mass is 16.6. The molecule has 0 aliphatic carbocycles. The molecular weight excluding hydrogens is 314 g/mol. The Hall–Kier alpha value is -3.16. The van der Waals surface area contributed by atoms with Crippen LogP contribution in [0.5, 0.6) is 5.75 Å². The number of allylic oxidation sites excluding steroid dienone is 2. The Morgan fingerprint density at radius 1 is 1.33 bits per heavy atom. The number of likely N-dealkylation sites (N-methyl/N-ethyl adjacent to an activating group) is 1. The summed E-state index contributed by atoms with van der Waals surface area (Å²) in [6.45, 7) is 3.33. The van der Waals surface area contributed by atoms with Crippen LogP contribution in [-0.2, 0) is 9.59 Å². The lowest BCUT2D eigenvalue weighted by molar-refractivity contribution is -0.386. The summed E-state index contributed by atoms with van der Waals surface area (Å²) >= 11 is 0. The molecule has 8 nitrogen and oxygen atoms in total. The highest BCUT2D eigenvalue weighted by Gasteiger charge is 2.59. The number of primary amides is 1. The third-order valence-corrected chi connectivity index (χ3v) is 3.86. The second-order valence-corrected chi connectivity index (χ2v) is 5.11. The van der Waals surface area contributed by atoms with Gasteiger partial charge in [0, 0.05) is 24.4 Å². The van der Waals surface area contributed by atoms with Crippen LogP contribution < -0.4 is 10.5 Å². The van der Waals surface area contributed by atoms with Crippen molar-refractivity contribution in [1.82, 2.24) is 4.90 Å². The maximum absolute atomic E-state index is 12.7. The number of rotatable bonds is 4. The van der Waals surface area contributed by atoms with Gasteiger partial charge in [-0.3, -0.25) is 19.7 Å². The lowest BCUT2D eigenvalue weighted by Gasteiger charge is -2.25. The van der Waals surface area contributed by atoms with Gasteiger partial charge in [-0.15, -0.1) is 0 Å². The number of benzene rings is 1. The molecule has 126 valence electrons. The van der Waals surface area contributed by atoms with Gasteiger partial charge in [-0.1, -0.05) is 24.3 Å². The van der Waals surface area contributed by atoms with E-state index in [1.54, 1.807) is 19.9 Å². The lowest BCUT2D eigenvalue weighted by atomic mass is 9.93. The third-order valence-electron chi connectivity index (χ3n) is 3.86. The SMILES string of the molecule is CC=C1/C(=C\C)C(Oc2ccccc2[N+](=O)[O-])(C(N)=O)C(=O)N1C. The van der Waals surface area contributed by atoms with Crippen LogP contribution in [0.2, 0.25) is 0 Å². The average Bonchev–Trinajstić information content (AvgIpc) is 2.76. The van der Waals surface area contributed by atoms with Gasteiger partial charge in [0.2, 0.25) is 0 Å². The zero-order valence-corrected chi connectivity index (χ0v) is 13.5. The monoisotopic (exact) mass is 331 g/mol. The van der Waals surface area contributed by atoms with Gasteiger partial charge in [0.1, 0.15) is 0 Å². The van der Waals surface area contributed by atoms with Crippen LogP contribution >= 0.6 is 0 Å². The third kappa shape index (κ3) is 2.32. The molecule has 0 aromatic heterocycles. The molecule has 1 unspecified atom stereocenters. The molecule has 1 aromatic rings. The molecule has 1 atom stereocenters. The van der Waals surface area contributed by atoms with Gasteiger partial charge in [0.05, 0.1) is 4.92 Å². The van der Waals surface area contributed by atoms with E-state index < -0.39 is 22.3 Å². The molecule has 1 aliphatic rings. The highest BCUT2D eigenvalue weighted by molar-refractivity contribution is 6.16. The molecule has 24 heavy (non-hydrogen) atoms. The molecule has 0 bridgehead atoms. The van der Waals surface area contributed by atoms with Gasteiger partial charge in [0.15, 0.2) is 5.75 Å². The average molecular weight is 331 g/mol. The largest absolute Gasteiger partial charge is 0.455 e. The molecule has 1 aliphatic heterocycles. The van der Waals surface area contributed by atoms with Gasteiger partial charge >= 0.3 is 5.69 Å². The van der Waals surface area contributed by atoms with E-state index in [0.29, 0.717) is 5.70 Å². The quantitative estimate of drug-likeness (QED) is 0.510. The number of nitrogens with two attached hydrogens (primary N) is 1. The summed E-state index contributed by atoms with van der Waals surface area (Å²) in [6, 6.07) is 5.50. The number of nitrogens with zero attached hydrogens (tertiary/aromatic N) is 2. The van der Waals surface area contributed by atoms with Gasteiger partial charge in [-0.25, -0.2) is 0 Å². The Bertz CT molecular complexity index is 784. The van der Waals surface area contributed by atoms with Gasteiger partial charge in [-0.2, -0.15) is 0 Å². The van der Waals surface area contributed by atoms with E-state index in [9.17, 15) is 19.7 Å². The summed E-state index contributed by atoms with van der Waals surface area (Å²) in [6.07, 6.45) is 3.18. The summed E-state index contributed by atoms with van der Waals surface area (Å²) < 4.78 is 5.62. The molecule has 1 fully saturated rings. The fraction of sp³-hybridized carbons (Fsp3) is 0.250. The van der Waals surface area contributed by atoms with Crippen molar-refractivity contribution in [2.75, 3.05) is 7.05 Å². The Labute approximate surface area is 138 Å². The maximum atomic E-state index is 12.7. The Kier molecular flexibility index (Phi) is 4.41. The number of hydrogen-bond acceptors (Lipinski definition) is 5. The Morgan fingerprint density at radius 3 is 2.46 bits per heavy atom. The summed E-state index contributed by atoms with van der Waals surface area (Å²) in [5.41, 5.74) is 3.70. The summed E-state index contributed by atoms with van der Waals surface area (Å²) in [7, 11) is 1.48. The van der Waals surface area contributed by atoms with E-state index in [-0.39, 0.29) is 17.0 Å². The molecular formula is C16H17N3O5. The number of likely N-dealkylation sites (tertiary alicyclic amines) is 1. The second kappa shape index (κ2) is 6.15. The van der Waals surface area contributed by atoms with E-state index in [2.05, 4.69) is 0 Å². The molecule has 8 heteroatoms. The topological polar surface area (TPSA) is 116 Å². The number of para-hydroxylation sites is 2. The zero-order chi connectivity index (χ0) is 18.1. The molecule has 2 N–H and O–H groups in total. The maximum Gasteiger partial charge on any atom is 0.311 e. The van der Waals surface area contributed by atoms with E-state index in [1.165, 1.54) is 42.3 Å². The number of carbonyl (C=O) groups excluding carboxylic acids is 2. The second-order valence-electron chi connectivity index (χ2n) is 5.11. The van der Waals surface area contributed by atoms with Crippen LogP contribution in [0, 0.1) is 10.1 Å². The zero-order valence-electron chi connectivity index (χ0n) is 13.5. The van der Waals surface area contributed by atoms with Crippen molar-refractivity contribution in [2.24, 2.45) is 5.73 Å². The fourth-order valence-corrected chi connectivity index (χ4v) is 2.77. The molecule has 0 saturated carbocycles. The van der Waals surface area contributed by atoms with Crippen molar-refractivity contribution in [1.29, 1.82) is 0 Å². The van der Waals surface area contributed by atoms with Crippen molar-refractivity contribution < 1.29 is 19.2 Å². The molecule has 1 saturated heterocycles. The standard InChI is InChI=1S/C16H17N3O5/c1-4-10-11(5-2)18(3)15(21)16(10,14(17)20)24-13-9-7-6-8-12(13)19(22)23/h4-9H,1-3H3,(H2,17,20)/b10-4+,11-5?. The van der Waals surface area contributed by atoms with Crippen LogP contribution in [0.25, 0.3) is 0 Å². The Balaban J connectivity index is 2.69. The molecule has 1 heterocycles. The van der Waals surface area contributed by atoms with Crippen molar-refractivity contribution >= 4 is 17.5 Å². The van der Waals surface area contributed by atoms with Crippen molar-refractivity contribution in [3.05, 3.63) is 57.8 Å². The first-order valence-electron chi connectivity index (χ1n) is 7.15. The number of carbonyl (C=O) groups is 2. The smallest absolute Gasteiger partial charge is 0.311 e. The molecule has 1 aromatic carbocycles. The first-order valence-corrected chi connectivity index (χ1v) is 7.15. The lowest BCUT2D eigenvalue weighted by Crippen LogP contribution is -2.55. The van der Waals surface area contributed by atoms with E-state index in [4.69, 9.17) is 10.5 Å². The number of nitro benzene ring substituents is 1. The van der Waals surface area contributed by atoms with Crippen molar-refractivity contribution in [3.8, 4) is 5.75 Å². The summed E-state index contributed by atoms with van der Waals surface area (Å²) in [5.74, 6) is -1.95. The number of amides is 2. The molecule has 2 amide bonds. The van der Waals surface area contributed by atoms with Gasteiger partial charge in [0.25, 0.3) is 17.4 Å². The fourth-order valence-electron chi connectivity index (χ4n) is 2.77. The number of nitro groups is 1. The van der Waals surface area contributed by atoms with E-state index in [0.717, 1.165) is 0 Å². The predicted molar refractivity (Wildman–Crippen MR) is 85.9 cm³/mol. The summed E-state index contributed by atoms with van der Waals surface area (Å²) in [4.78, 5) is 36.7. The number of ether oxygens (including phenoxy) is 1. The minimum absolute atomic E-state index is 0.209. The first-order chi connectivity index (χ1) is 11.3. The van der Waals surface area contributed by atoms with Crippen LogP contribution in [0.3, 0.4) is 0 Å². The van der Waals surface area contributed by atoms with E-state index >= 15 is 0 Å². The van der Waals surface area contributed by atoms with Crippen LogP contribution in [-0.4, -0.2) is 34.3 Å². The van der Waals surface area contributed by atoms with Crippen LogP contribution in [0.4, 0.5) is 5.69 Å². The van der Waals surface area contributed by atoms with Crippen LogP contribution in [0.15, 0.2) is 47.7 Å². The van der Waals surface area contributed by atoms with Crippen molar-refractivity contribution in [3.63, 3.8) is 0 Å². The van der Waals surface area contributed by atoms with Crippen LogP contribution in [0.1, 0.15) is 13.8 Å². The first kappa shape index (κ1) is 17.2. The van der Waals surface area contributed by atoms with Crippen molar-refractivity contribution in [2.45, 2.75) is 19.4 Å². The van der Waals surface area contributed by atoms with Gasteiger partial charge < -0.3 is 15.4 Å². The molecule has 0 spiro atoms. The highest BCUT2D eigenvalue weighted by Crippen LogP contribution is 2.41. The predicted octanol–water partition coefficient (Wildman–Crippen LogP) is 1.52. The molecule has 2 rings (SSSR count). The number of hydrogen-bond donors (Lipinski definition) is 1.